The summed E-state index contributed by atoms with van der Waals surface area (Å²) in [5.74, 6) is 0.350. The Bertz CT molecular complexity index is 914. The first-order chi connectivity index (χ1) is 14.6. The molecule has 1 saturated heterocycles. The SMILES string of the molecule is CC(C)c1ccc(N2CCOC(NC(=O)c3cc(C(F)(F)F)ncc3C(C)C)C2)nc1. The molecule has 0 bridgehead atoms. The number of nitrogens with zero attached hydrogens (tertiary/aromatic N) is 3. The van der Waals surface area contributed by atoms with E-state index in [0.29, 0.717) is 31.2 Å². The predicted octanol–water partition coefficient (Wildman–Crippen LogP) is 4.33. The third-order valence-corrected chi connectivity index (χ3v) is 5.21. The van der Waals surface area contributed by atoms with Gasteiger partial charge in [-0.1, -0.05) is 33.8 Å². The number of nitrogens with one attached hydrogen (secondary N) is 1. The average Bonchev–Trinajstić information content (AvgIpc) is 2.72. The normalized spacial score (nSPS) is 17.3. The van der Waals surface area contributed by atoms with Crippen LogP contribution in [-0.2, 0) is 10.9 Å². The number of halogens is 3. The van der Waals surface area contributed by atoms with E-state index in [1.54, 1.807) is 13.8 Å². The van der Waals surface area contributed by atoms with E-state index in [9.17, 15) is 18.0 Å². The van der Waals surface area contributed by atoms with Gasteiger partial charge >= 0.3 is 6.18 Å². The van der Waals surface area contributed by atoms with Crippen LogP contribution in [0, 0.1) is 0 Å². The van der Waals surface area contributed by atoms with Crippen LogP contribution in [0.5, 0.6) is 0 Å². The zero-order valence-electron chi connectivity index (χ0n) is 18.0. The molecule has 0 spiro atoms. The predicted molar refractivity (Wildman–Crippen MR) is 111 cm³/mol. The second-order valence-corrected chi connectivity index (χ2v) is 8.19. The number of amides is 1. The molecule has 6 nitrogen and oxygen atoms in total. The van der Waals surface area contributed by atoms with Crippen LogP contribution in [0.2, 0.25) is 0 Å². The first-order valence-electron chi connectivity index (χ1n) is 10.3. The van der Waals surface area contributed by atoms with Gasteiger partial charge in [-0.15, -0.1) is 0 Å². The van der Waals surface area contributed by atoms with Crippen molar-refractivity contribution in [3.8, 4) is 0 Å². The van der Waals surface area contributed by atoms with Crippen molar-refractivity contribution in [3.63, 3.8) is 0 Å². The van der Waals surface area contributed by atoms with Crippen LogP contribution < -0.4 is 10.2 Å². The van der Waals surface area contributed by atoms with Gasteiger partial charge in [0.05, 0.1) is 13.2 Å². The van der Waals surface area contributed by atoms with Crippen molar-refractivity contribution in [3.05, 3.63) is 53.0 Å². The summed E-state index contributed by atoms with van der Waals surface area (Å²) in [7, 11) is 0. The number of ether oxygens (including phenoxy) is 1. The molecule has 0 radical (unpaired) electrons. The van der Waals surface area contributed by atoms with E-state index < -0.39 is 24.0 Å². The fourth-order valence-corrected chi connectivity index (χ4v) is 3.37. The molecule has 0 aromatic carbocycles. The highest BCUT2D eigenvalue weighted by molar-refractivity contribution is 5.96. The highest BCUT2D eigenvalue weighted by Crippen LogP contribution is 2.30. The summed E-state index contributed by atoms with van der Waals surface area (Å²) in [4.78, 5) is 22.8. The highest BCUT2D eigenvalue weighted by atomic mass is 19.4. The first-order valence-corrected chi connectivity index (χ1v) is 10.3. The Morgan fingerprint density at radius 2 is 1.90 bits per heavy atom. The summed E-state index contributed by atoms with van der Waals surface area (Å²) in [5, 5.41) is 2.71. The van der Waals surface area contributed by atoms with Crippen LogP contribution in [0.4, 0.5) is 19.0 Å². The average molecular weight is 436 g/mol. The van der Waals surface area contributed by atoms with E-state index in [2.05, 4.69) is 29.1 Å². The molecule has 31 heavy (non-hydrogen) atoms. The molecule has 0 aliphatic carbocycles. The number of alkyl halides is 3. The maximum atomic E-state index is 13.1. The maximum Gasteiger partial charge on any atom is 0.433 e. The van der Waals surface area contributed by atoms with Gasteiger partial charge in [0.15, 0.2) is 0 Å². The van der Waals surface area contributed by atoms with Crippen LogP contribution in [0.1, 0.15) is 66.7 Å². The van der Waals surface area contributed by atoms with Crippen molar-refractivity contribution < 1.29 is 22.7 Å². The number of rotatable bonds is 5. The molecule has 2 aromatic rings. The Morgan fingerprint density at radius 1 is 1.16 bits per heavy atom. The zero-order valence-corrected chi connectivity index (χ0v) is 18.0. The second kappa shape index (κ2) is 9.21. The molecule has 1 aliphatic heterocycles. The van der Waals surface area contributed by atoms with Crippen LogP contribution in [0.3, 0.4) is 0 Å². The van der Waals surface area contributed by atoms with Crippen LogP contribution in [0.15, 0.2) is 30.6 Å². The molecule has 0 saturated carbocycles. The molecule has 1 atom stereocenters. The van der Waals surface area contributed by atoms with Gasteiger partial charge < -0.3 is 15.0 Å². The minimum atomic E-state index is -4.63. The summed E-state index contributed by atoms with van der Waals surface area (Å²) >= 11 is 0. The number of morpholine rings is 1. The van der Waals surface area contributed by atoms with Gasteiger partial charge in [-0.3, -0.25) is 9.78 Å². The van der Waals surface area contributed by atoms with Crippen molar-refractivity contribution in [2.45, 2.75) is 51.9 Å². The first kappa shape index (κ1) is 23.0. The topological polar surface area (TPSA) is 67.3 Å². The lowest BCUT2D eigenvalue weighted by atomic mass is 9.98. The van der Waals surface area contributed by atoms with Crippen molar-refractivity contribution in [2.75, 3.05) is 24.6 Å². The van der Waals surface area contributed by atoms with Crippen molar-refractivity contribution in [1.29, 1.82) is 0 Å². The van der Waals surface area contributed by atoms with Gasteiger partial charge in [-0.25, -0.2) is 4.98 Å². The van der Waals surface area contributed by atoms with Gasteiger partial charge in [-0.2, -0.15) is 13.2 Å². The summed E-state index contributed by atoms with van der Waals surface area (Å²) < 4.78 is 45.0. The number of carbonyl (C=O) groups is 1. The Morgan fingerprint density at radius 3 is 2.48 bits per heavy atom. The molecule has 9 heteroatoms. The number of anilines is 1. The highest BCUT2D eigenvalue weighted by Gasteiger charge is 2.34. The van der Waals surface area contributed by atoms with Gasteiger partial charge in [0, 0.05) is 24.5 Å². The lowest BCUT2D eigenvalue weighted by molar-refractivity contribution is -0.141. The minimum absolute atomic E-state index is 0.0440. The lowest BCUT2D eigenvalue weighted by Crippen LogP contribution is -2.51. The molecule has 1 fully saturated rings. The fourth-order valence-electron chi connectivity index (χ4n) is 3.37. The second-order valence-electron chi connectivity index (χ2n) is 8.19. The monoisotopic (exact) mass is 436 g/mol. The van der Waals surface area contributed by atoms with E-state index in [0.717, 1.165) is 23.6 Å². The Kier molecular flexibility index (Phi) is 6.83. The molecular weight excluding hydrogens is 409 g/mol. The van der Waals surface area contributed by atoms with Gasteiger partial charge in [-0.05, 0) is 35.1 Å². The van der Waals surface area contributed by atoms with E-state index in [4.69, 9.17) is 4.74 Å². The summed E-state index contributed by atoms with van der Waals surface area (Å²) in [6.45, 7) is 9.08. The zero-order chi connectivity index (χ0) is 22.8. The van der Waals surface area contributed by atoms with Crippen LogP contribution >= 0.6 is 0 Å². The molecule has 3 heterocycles. The molecule has 2 aromatic heterocycles. The summed E-state index contributed by atoms with van der Waals surface area (Å²) in [6.07, 6.45) is -2.35. The number of hydrogen-bond acceptors (Lipinski definition) is 5. The Balaban J connectivity index is 1.75. The molecule has 1 aliphatic rings. The molecule has 168 valence electrons. The molecule has 1 N–H and O–H groups in total. The molecule has 1 amide bonds. The molecule has 3 rings (SSSR count). The minimum Gasteiger partial charge on any atom is -0.355 e. The number of pyridine rings is 2. The van der Waals surface area contributed by atoms with Crippen LogP contribution in [0.25, 0.3) is 0 Å². The number of hydrogen-bond donors (Lipinski definition) is 1. The summed E-state index contributed by atoms with van der Waals surface area (Å²) in [5.41, 5.74) is 0.436. The van der Waals surface area contributed by atoms with Gasteiger partial charge in [0.1, 0.15) is 17.7 Å². The lowest BCUT2D eigenvalue weighted by Gasteiger charge is -2.34. The molecule has 1 unspecified atom stereocenters. The van der Waals surface area contributed by atoms with Gasteiger partial charge in [0.2, 0.25) is 0 Å². The van der Waals surface area contributed by atoms with Crippen molar-refractivity contribution in [2.24, 2.45) is 0 Å². The number of carbonyl (C=O) groups excluding carboxylic acids is 1. The third-order valence-electron chi connectivity index (χ3n) is 5.21. The maximum absolute atomic E-state index is 13.1. The van der Waals surface area contributed by atoms with Crippen molar-refractivity contribution >= 4 is 11.7 Å². The summed E-state index contributed by atoms with van der Waals surface area (Å²) in [6, 6.07) is 4.74. The smallest absolute Gasteiger partial charge is 0.355 e. The quantitative estimate of drug-likeness (QED) is 0.756. The fraction of sp³-hybridized carbons (Fsp3) is 0.500. The van der Waals surface area contributed by atoms with Gasteiger partial charge in [0.25, 0.3) is 5.91 Å². The Hall–Kier alpha value is -2.68. The standard InChI is InChI=1S/C22H27F3N4O2/c1-13(2)15-5-6-19(27-10-15)29-7-8-31-20(12-29)28-21(30)16-9-18(22(23,24)25)26-11-17(16)14(3)4/h5-6,9-11,13-14,20H,7-8,12H2,1-4H3,(H,28,30). The van der Waals surface area contributed by atoms with E-state index in [-0.39, 0.29) is 11.5 Å². The van der Waals surface area contributed by atoms with Crippen molar-refractivity contribution in [1.82, 2.24) is 15.3 Å². The van der Waals surface area contributed by atoms with Crippen LogP contribution in [-0.4, -0.2) is 41.8 Å². The van der Waals surface area contributed by atoms with E-state index >= 15 is 0 Å². The largest absolute Gasteiger partial charge is 0.433 e. The Labute approximate surface area is 179 Å². The third kappa shape index (κ3) is 5.52. The molecular formula is C22H27F3N4O2. The van der Waals surface area contributed by atoms with E-state index in [1.807, 2.05) is 23.2 Å². The van der Waals surface area contributed by atoms with E-state index in [1.165, 1.54) is 0 Å². The number of aromatic nitrogens is 2.